The van der Waals surface area contributed by atoms with Crippen LogP contribution < -0.4 is 10.2 Å². The van der Waals surface area contributed by atoms with Gasteiger partial charge in [-0.2, -0.15) is 0 Å². The maximum atomic E-state index is 11.7. The lowest BCUT2D eigenvalue weighted by Crippen LogP contribution is -2.33. The predicted octanol–water partition coefficient (Wildman–Crippen LogP) is 3.01. The molecule has 4 heteroatoms. The maximum Gasteiger partial charge on any atom is 0.226 e. The van der Waals surface area contributed by atoms with Crippen molar-refractivity contribution in [2.75, 3.05) is 16.8 Å². The topological polar surface area (TPSA) is 32.3 Å². The van der Waals surface area contributed by atoms with E-state index in [-0.39, 0.29) is 11.9 Å². The van der Waals surface area contributed by atoms with Crippen LogP contribution in [0.25, 0.3) is 0 Å². The fraction of sp³-hybridized carbons (Fsp3) is 0.417. The number of nitrogens with one attached hydrogen (secondary N) is 1. The highest BCUT2D eigenvalue weighted by Gasteiger charge is 2.23. The van der Waals surface area contributed by atoms with E-state index in [1.807, 2.05) is 12.1 Å². The minimum absolute atomic E-state index is 0.0898. The van der Waals surface area contributed by atoms with Gasteiger partial charge in [-0.05, 0) is 32.0 Å². The number of nitrogens with zero attached hydrogens (tertiary/aromatic N) is 1. The first-order valence-corrected chi connectivity index (χ1v) is 6.27. The number of hydrogen-bond acceptors (Lipinski definition) is 2. The lowest BCUT2D eigenvalue weighted by molar-refractivity contribution is -0.116. The quantitative estimate of drug-likeness (QED) is 0.859. The van der Waals surface area contributed by atoms with Crippen molar-refractivity contribution >= 4 is 33.2 Å². The van der Waals surface area contributed by atoms with Crippen LogP contribution in [-0.4, -0.2) is 18.5 Å². The second-order valence-corrected chi connectivity index (χ2v) is 4.96. The molecule has 1 aromatic rings. The first kappa shape index (κ1) is 11.5. The number of carbonyl (C=O) groups is 1. The van der Waals surface area contributed by atoms with Crippen LogP contribution in [0, 0.1) is 0 Å². The summed E-state index contributed by atoms with van der Waals surface area (Å²) in [5.41, 5.74) is 2.00. The molecular weight excluding hydrogens is 268 g/mol. The molecule has 1 amide bonds. The lowest BCUT2D eigenvalue weighted by atomic mass is 10.2. The van der Waals surface area contributed by atoms with Crippen molar-refractivity contribution in [3.63, 3.8) is 0 Å². The monoisotopic (exact) mass is 282 g/mol. The van der Waals surface area contributed by atoms with E-state index >= 15 is 0 Å². The molecule has 0 saturated heterocycles. The van der Waals surface area contributed by atoms with E-state index in [1.165, 1.54) is 0 Å². The van der Waals surface area contributed by atoms with Crippen LogP contribution in [0.5, 0.6) is 0 Å². The SMILES string of the molecule is CCN1c2cc(Br)ccc2NC(=O)CC1C. The summed E-state index contributed by atoms with van der Waals surface area (Å²) < 4.78 is 1.04. The zero-order chi connectivity index (χ0) is 11.7. The van der Waals surface area contributed by atoms with Gasteiger partial charge in [0.25, 0.3) is 0 Å². The van der Waals surface area contributed by atoms with Crippen LogP contribution in [0.3, 0.4) is 0 Å². The molecule has 3 nitrogen and oxygen atoms in total. The molecule has 0 aliphatic carbocycles. The van der Waals surface area contributed by atoms with Gasteiger partial charge in [-0.1, -0.05) is 15.9 Å². The molecule has 0 saturated carbocycles. The van der Waals surface area contributed by atoms with E-state index in [0.29, 0.717) is 6.42 Å². The minimum Gasteiger partial charge on any atom is -0.367 e. The highest BCUT2D eigenvalue weighted by atomic mass is 79.9. The third-order valence-electron chi connectivity index (χ3n) is 2.90. The van der Waals surface area contributed by atoms with Crippen molar-refractivity contribution < 1.29 is 4.79 Å². The second kappa shape index (κ2) is 4.45. The van der Waals surface area contributed by atoms with Crippen molar-refractivity contribution in [1.82, 2.24) is 0 Å². The molecule has 1 atom stereocenters. The van der Waals surface area contributed by atoms with E-state index in [4.69, 9.17) is 0 Å². The Bertz CT molecular complexity index is 419. The minimum atomic E-state index is 0.0898. The highest BCUT2D eigenvalue weighted by molar-refractivity contribution is 9.10. The molecule has 0 radical (unpaired) electrons. The van der Waals surface area contributed by atoms with Crippen molar-refractivity contribution in [1.29, 1.82) is 0 Å². The van der Waals surface area contributed by atoms with Crippen LogP contribution in [0.2, 0.25) is 0 Å². The normalized spacial score (nSPS) is 20.1. The molecule has 0 spiro atoms. The predicted molar refractivity (Wildman–Crippen MR) is 69.9 cm³/mol. The number of amides is 1. The molecular formula is C12H15BrN2O. The number of anilines is 2. The lowest BCUT2D eigenvalue weighted by Gasteiger charge is -2.28. The molecule has 1 N–H and O–H groups in total. The van der Waals surface area contributed by atoms with Crippen molar-refractivity contribution in [3.8, 4) is 0 Å². The van der Waals surface area contributed by atoms with Crippen LogP contribution >= 0.6 is 15.9 Å². The van der Waals surface area contributed by atoms with Crippen molar-refractivity contribution in [3.05, 3.63) is 22.7 Å². The third kappa shape index (κ3) is 2.07. The molecule has 1 aromatic carbocycles. The summed E-state index contributed by atoms with van der Waals surface area (Å²) in [6, 6.07) is 6.18. The van der Waals surface area contributed by atoms with E-state index in [9.17, 15) is 4.79 Å². The maximum absolute atomic E-state index is 11.7. The van der Waals surface area contributed by atoms with Crippen molar-refractivity contribution in [2.24, 2.45) is 0 Å². The summed E-state index contributed by atoms with van der Waals surface area (Å²) in [6.45, 7) is 5.09. The van der Waals surface area contributed by atoms with Gasteiger partial charge in [0.15, 0.2) is 0 Å². The summed E-state index contributed by atoms with van der Waals surface area (Å²) in [5.74, 6) is 0.0898. The van der Waals surface area contributed by atoms with Crippen molar-refractivity contribution in [2.45, 2.75) is 26.3 Å². The molecule has 0 aromatic heterocycles. The van der Waals surface area contributed by atoms with Crippen LogP contribution in [0.4, 0.5) is 11.4 Å². The number of fused-ring (bicyclic) bond motifs is 1. The average Bonchev–Trinajstić information content (AvgIpc) is 2.33. The number of benzene rings is 1. The Kier molecular flexibility index (Phi) is 3.19. The fourth-order valence-electron chi connectivity index (χ4n) is 2.15. The van der Waals surface area contributed by atoms with Gasteiger partial charge in [0, 0.05) is 23.5 Å². The molecule has 1 aliphatic heterocycles. The molecule has 0 fully saturated rings. The van der Waals surface area contributed by atoms with Gasteiger partial charge >= 0.3 is 0 Å². The molecule has 2 rings (SSSR count). The molecule has 1 aliphatic rings. The summed E-state index contributed by atoms with van der Waals surface area (Å²) in [5, 5.41) is 2.94. The fourth-order valence-corrected chi connectivity index (χ4v) is 2.50. The number of hydrogen-bond donors (Lipinski definition) is 1. The van der Waals surface area contributed by atoms with Gasteiger partial charge in [0.2, 0.25) is 5.91 Å². The Hall–Kier alpha value is -1.03. The molecule has 0 bridgehead atoms. The smallest absolute Gasteiger partial charge is 0.226 e. The Morgan fingerprint density at radius 2 is 2.31 bits per heavy atom. The number of carbonyl (C=O) groups excluding carboxylic acids is 1. The zero-order valence-electron chi connectivity index (χ0n) is 9.46. The summed E-state index contributed by atoms with van der Waals surface area (Å²) in [7, 11) is 0. The average molecular weight is 283 g/mol. The summed E-state index contributed by atoms with van der Waals surface area (Å²) in [4.78, 5) is 13.9. The van der Waals surface area contributed by atoms with Crippen LogP contribution in [-0.2, 0) is 4.79 Å². The largest absolute Gasteiger partial charge is 0.367 e. The van der Waals surface area contributed by atoms with E-state index in [1.54, 1.807) is 0 Å². The highest BCUT2D eigenvalue weighted by Crippen LogP contribution is 2.33. The molecule has 16 heavy (non-hydrogen) atoms. The Balaban J connectivity index is 2.50. The second-order valence-electron chi connectivity index (χ2n) is 4.05. The number of rotatable bonds is 1. The van der Waals surface area contributed by atoms with E-state index in [0.717, 1.165) is 22.4 Å². The van der Waals surface area contributed by atoms with E-state index < -0.39 is 0 Å². The van der Waals surface area contributed by atoms with Gasteiger partial charge < -0.3 is 10.2 Å². The van der Waals surface area contributed by atoms with Gasteiger partial charge in [-0.3, -0.25) is 4.79 Å². The van der Waals surface area contributed by atoms with E-state index in [2.05, 4.69) is 46.1 Å². The first-order chi connectivity index (χ1) is 7.61. The molecule has 1 heterocycles. The van der Waals surface area contributed by atoms with Gasteiger partial charge in [0.1, 0.15) is 0 Å². The zero-order valence-corrected chi connectivity index (χ0v) is 11.0. The number of halogens is 1. The summed E-state index contributed by atoms with van der Waals surface area (Å²) >= 11 is 3.47. The van der Waals surface area contributed by atoms with Crippen LogP contribution in [0.1, 0.15) is 20.3 Å². The van der Waals surface area contributed by atoms with Gasteiger partial charge in [0.05, 0.1) is 11.4 Å². The molecule has 1 unspecified atom stereocenters. The Labute approximate surface area is 104 Å². The standard InChI is InChI=1S/C12H15BrN2O/c1-3-15-8(2)6-12(16)14-10-5-4-9(13)7-11(10)15/h4-5,7-8H,3,6H2,1-2H3,(H,14,16). The van der Waals surface area contributed by atoms with Gasteiger partial charge in [-0.15, -0.1) is 0 Å². The Morgan fingerprint density at radius 1 is 1.56 bits per heavy atom. The molecule has 86 valence electrons. The van der Waals surface area contributed by atoms with Crippen LogP contribution in [0.15, 0.2) is 22.7 Å². The Morgan fingerprint density at radius 3 is 3.00 bits per heavy atom. The summed E-state index contributed by atoms with van der Waals surface area (Å²) in [6.07, 6.45) is 0.542. The third-order valence-corrected chi connectivity index (χ3v) is 3.39. The van der Waals surface area contributed by atoms with Gasteiger partial charge in [-0.25, -0.2) is 0 Å². The first-order valence-electron chi connectivity index (χ1n) is 5.48.